The zero-order chi connectivity index (χ0) is 8.20. The standard InChI is InChI=1S/C7H20N2Si/c1-6(3-4-8)7(2,10)5-9/h6H,3-5,8-9H2,1-2,10H3. The van der Waals surface area contributed by atoms with E-state index in [1.165, 1.54) is 10.2 Å². The van der Waals surface area contributed by atoms with Crippen LogP contribution in [0.2, 0.25) is 5.04 Å². The fourth-order valence-corrected chi connectivity index (χ4v) is 1.13. The summed E-state index contributed by atoms with van der Waals surface area (Å²) in [5, 5.41) is 0.388. The second-order valence-corrected chi connectivity index (χ2v) is 5.96. The van der Waals surface area contributed by atoms with Gasteiger partial charge in [0.05, 0.1) is 0 Å². The van der Waals surface area contributed by atoms with Crippen molar-refractivity contribution in [1.29, 1.82) is 0 Å². The molecule has 0 aliphatic heterocycles. The first-order chi connectivity index (χ1) is 4.54. The summed E-state index contributed by atoms with van der Waals surface area (Å²) in [6.45, 7) is 6.09. The minimum absolute atomic E-state index is 0.388. The summed E-state index contributed by atoms with van der Waals surface area (Å²) in [7, 11) is 1.17. The molecule has 0 heterocycles. The number of nitrogens with two attached hydrogens (primary N) is 2. The minimum Gasteiger partial charge on any atom is -0.330 e. The molecule has 0 radical (unpaired) electrons. The van der Waals surface area contributed by atoms with Crippen LogP contribution >= 0.6 is 0 Å². The van der Waals surface area contributed by atoms with Gasteiger partial charge in [-0.25, -0.2) is 0 Å². The average Bonchev–Trinajstić information content (AvgIpc) is 1.89. The van der Waals surface area contributed by atoms with Crippen LogP contribution in [0.5, 0.6) is 0 Å². The predicted octanol–water partition coefficient (Wildman–Crippen LogP) is -0.526. The molecule has 0 rings (SSSR count). The van der Waals surface area contributed by atoms with Crippen LogP contribution in [0, 0.1) is 5.92 Å². The van der Waals surface area contributed by atoms with Gasteiger partial charge in [0.1, 0.15) is 0 Å². The van der Waals surface area contributed by atoms with E-state index in [1.807, 2.05) is 0 Å². The van der Waals surface area contributed by atoms with E-state index in [1.54, 1.807) is 0 Å². The van der Waals surface area contributed by atoms with Crippen molar-refractivity contribution >= 4 is 10.2 Å². The van der Waals surface area contributed by atoms with Gasteiger partial charge in [0.25, 0.3) is 0 Å². The van der Waals surface area contributed by atoms with Gasteiger partial charge in [-0.05, 0) is 30.5 Å². The minimum atomic E-state index is 0.388. The Kier molecular flexibility index (Phi) is 4.16. The lowest BCUT2D eigenvalue weighted by Gasteiger charge is -2.29. The van der Waals surface area contributed by atoms with Gasteiger partial charge in [0.2, 0.25) is 0 Å². The average molecular weight is 160 g/mol. The summed E-state index contributed by atoms with van der Waals surface area (Å²) in [6.07, 6.45) is 1.11. The van der Waals surface area contributed by atoms with Crippen molar-refractivity contribution < 1.29 is 0 Å². The molecule has 0 aromatic rings. The molecule has 0 amide bonds. The molecule has 0 saturated carbocycles. The van der Waals surface area contributed by atoms with Crippen molar-refractivity contribution in [2.45, 2.75) is 25.3 Å². The van der Waals surface area contributed by atoms with Gasteiger partial charge < -0.3 is 11.5 Å². The Balaban J connectivity index is 3.78. The molecule has 2 atom stereocenters. The van der Waals surface area contributed by atoms with Crippen molar-refractivity contribution in [3.8, 4) is 0 Å². The maximum atomic E-state index is 5.63. The van der Waals surface area contributed by atoms with E-state index in [9.17, 15) is 0 Å². The van der Waals surface area contributed by atoms with E-state index in [0.29, 0.717) is 11.0 Å². The zero-order valence-electron chi connectivity index (χ0n) is 7.35. The zero-order valence-corrected chi connectivity index (χ0v) is 9.35. The summed E-state index contributed by atoms with van der Waals surface area (Å²) in [4.78, 5) is 0. The molecule has 2 nitrogen and oxygen atoms in total. The molecule has 62 valence electrons. The van der Waals surface area contributed by atoms with Crippen molar-refractivity contribution in [2.75, 3.05) is 13.1 Å². The van der Waals surface area contributed by atoms with Gasteiger partial charge in [-0.15, -0.1) is 0 Å². The van der Waals surface area contributed by atoms with Crippen LogP contribution in [0.3, 0.4) is 0 Å². The van der Waals surface area contributed by atoms with Gasteiger partial charge in [-0.3, -0.25) is 0 Å². The van der Waals surface area contributed by atoms with Gasteiger partial charge in [0.15, 0.2) is 0 Å². The largest absolute Gasteiger partial charge is 0.330 e. The number of hydrogen-bond acceptors (Lipinski definition) is 2. The first-order valence-corrected chi connectivity index (χ1v) is 4.94. The fraction of sp³-hybridized carbons (Fsp3) is 1.00. The molecule has 0 aliphatic rings. The Morgan fingerprint density at radius 1 is 1.50 bits per heavy atom. The van der Waals surface area contributed by atoms with Crippen LogP contribution in [0.15, 0.2) is 0 Å². The van der Waals surface area contributed by atoms with Gasteiger partial charge in [-0.1, -0.05) is 13.8 Å². The van der Waals surface area contributed by atoms with Crippen molar-refractivity contribution in [2.24, 2.45) is 17.4 Å². The molecule has 0 fully saturated rings. The molecule has 4 N–H and O–H groups in total. The molecule has 0 aromatic carbocycles. The summed E-state index contributed by atoms with van der Waals surface area (Å²) in [5.41, 5.74) is 11.1. The van der Waals surface area contributed by atoms with Gasteiger partial charge in [-0.2, -0.15) is 0 Å². The Morgan fingerprint density at radius 3 is 2.30 bits per heavy atom. The Hall–Kier alpha value is 0.137. The fourth-order valence-electron chi connectivity index (χ4n) is 0.842. The summed E-state index contributed by atoms with van der Waals surface area (Å²) >= 11 is 0. The van der Waals surface area contributed by atoms with Crippen LogP contribution in [0.1, 0.15) is 20.3 Å². The highest BCUT2D eigenvalue weighted by atomic mass is 28.1. The number of rotatable bonds is 4. The molecule has 0 bridgehead atoms. The van der Waals surface area contributed by atoms with E-state index < -0.39 is 0 Å². The highest BCUT2D eigenvalue weighted by Crippen LogP contribution is 2.31. The van der Waals surface area contributed by atoms with Gasteiger partial charge in [0, 0.05) is 10.2 Å². The van der Waals surface area contributed by atoms with Crippen molar-refractivity contribution in [3.05, 3.63) is 0 Å². The maximum absolute atomic E-state index is 5.63. The molecule has 0 aromatic heterocycles. The van der Waals surface area contributed by atoms with Crippen molar-refractivity contribution in [3.63, 3.8) is 0 Å². The van der Waals surface area contributed by atoms with E-state index in [-0.39, 0.29) is 0 Å². The lowest BCUT2D eigenvalue weighted by atomic mass is 9.92. The van der Waals surface area contributed by atoms with Gasteiger partial charge >= 0.3 is 0 Å². The molecule has 0 aliphatic carbocycles. The first kappa shape index (κ1) is 10.1. The number of hydrogen-bond donors (Lipinski definition) is 2. The van der Waals surface area contributed by atoms with Crippen LogP contribution in [-0.4, -0.2) is 23.3 Å². The van der Waals surface area contributed by atoms with E-state index in [2.05, 4.69) is 13.8 Å². The van der Waals surface area contributed by atoms with Crippen LogP contribution in [0.25, 0.3) is 0 Å². The van der Waals surface area contributed by atoms with Crippen LogP contribution in [-0.2, 0) is 0 Å². The first-order valence-electron chi connectivity index (χ1n) is 3.94. The normalized spacial score (nSPS) is 20.4. The summed E-state index contributed by atoms with van der Waals surface area (Å²) < 4.78 is 0. The van der Waals surface area contributed by atoms with Crippen LogP contribution in [0.4, 0.5) is 0 Å². The molecule has 3 heteroatoms. The third kappa shape index (κ3) is 2.81. The molecule has 0 saturated heterocycles. The van der Waals surface area contributed by atoms with Crippen molar-refractivity contribution in [1.82, 2.24) is 0 Å². The summed E-state index contributed by atoms with van der Waals surface area (Å²) in [6, 6.07) is 0. The highest BCUT2D eigenvalue weighted by Gasteiger charge is 2.22. The van der Waals surface area contributed by atoms with E-state index in [4.69, 9.17) is 11.5 Å². The monoisotopic (exact) mass is 160 g/mol. The smallest absolute Gasteiger partial charge is 0.0122 e. The topological polar surface area (TPSA) is 52.0 Å². The summed E-state index contributed by atoms with van der Waals surface area (Å²) in [5.74, 6) is 0.689. The van der Waals surface area contributed by atoms with E-state index >= 15 is 0 Å². The Labute approximate surface area is 66.8 Å². The quantitative estimate of drug-likeness (QED) is 0.544. The third-order valence-corrected chi connectivity index (χ3v) is 3.85. The molecule has 2 unspecified atom stereocenters. The lowest BCUT2D eigenvalue weighted by Crippen LogP contribution is -2.28. The second-order valence-electron chi connectivity index (χ2n) is 3.67. The third-order valence-electron chi connectivity index (χ3n) is 2.46. The maximum Gasteiger partial charge on any atom is 0.0122 e. The molecule has 10 heavy (non-hydrogen) atoms. The second kappa shape index (κ2) is 4.11. The van der Waals surface area contributed by atoms with E-state index in [0.717, 1.165) is 19.5 Å². The predicted molar refractivity (Wildman–Crippen MR) is 50.2 cm³/mol. The Bertz CT molecular complexity index is 93.6. The highest BCUT2D eigenvalue weighted by molar-refractivity contribution is 6.15. The lowest BCUT2D eigenvalue weighted by molar-refractivity contribution is 0.397. The molecular formula is C7H20N2Si. The Morgan fingerprint density at radius 2 is 2.00 bits per heavy atom. The SMILES string of the molecule is CC(CCN)C(C)([SiH3])CN. The molecular weight excluding hydrogens is 140 g/mol. The van der Waals surface area contributed by atoms with Crippen LogP contribution < -0.4 is 11.5 Å². The molecule has 0 spiro atoms.